The fourth-order valence-electron chi connectivity index (χ4n) is 9.63. The van der Waals surface area contributed by atoms with Gasteiger partial charge in [-0.15, -0.1) is 0 Å². The molecule has 2 aliphatic heterocycles. The highest BCUT2D eigenvalue weighted by Crippen LogP contribution is 2.48. The first-order valence-electron chi connectivity index (χ1n) is 23.7. The summed E-state index contributed by atoms with van der Waals surface area (Å²) >= 11 is 6.16. The molecular weight excluding hydrogens is 957 g/mol. The van der Waals surface area contributed by atoms with Crippen LogP contribution in [0.5, 0.6) is 23.0 Å². The van der Waals surface area contributed by atoms with E-state index in [1.54, 1.807) is 35.0 Å². The van der Waals surface area contributed by atoms with Crippen molar-refractivity contribution in [2.24, 2.45) is 5.92 Å². The minimum absolute atomic E-state index is 0.0254. The number of halogens is 2. The summed E-state index contributed by atoms with van der Waals surface area (Å²) < 4.78 is 33.7. The number of anilines is 4. The van der Waals surface area contributed by atoms with Crippen LogP contribution in [0.4, 0.5) is 27.5 Å². The fraction of sp³-hybridized carbons (Fsp3) is 0.208. The monoisotopic (exact) mass is 1000 g/mol. The SMILES string of the molecule is Nc1nccc(Oc2ccc(NC(=O)c3c4n(n(-c5cccc(C6CC6C(=O)Nc6cc(Oc7ccc(NC(=O)c8c9n(n(-c%10ccccc%10)c8=O)CCCC9)nc7)ccn6)c5)c3=O)CCCC4)cc2F)c1Cl. The van der Waals surface area contributed by atoms with Gasteiger partial charge in [-0.3, -0.25) is 33.3 Å². The van der Waals surface area contributed by atoms with Crippen molar-refractivity contribution in [3.8, 4) is 34.4 Å². The van der Waals surface area contributed by atoms with E-state index in [1.165, 1.54) is 41.5 Å². The molecule has 1 aliphatic carbocycles. The van der Waals surface area contributed by atoms with Gasteiger partial charge in [0.25, 0.3) is 22.9 Å². The molecule has 0 saturated heterocycles. The maximum absolute atomic E-state index is 15.2. The van der Waals surface area contributed by atoms with Gasteiger partial charge in [0.05, 0.1) is 29.0 Å². The number of carbonyl (C=O) groups is 3. The van der Waals surface area contributed by atoms with Gasteiger partial charge >= 0.3 is 0 Å². The number of rotatable bonds is 13. The Labute approximate surface area is 420 Å². The number of nitrogens with two attached hydrogens (primary N) is 1. The molecule has 3 amide bonds. The highest BCUT2D eigenvalue weighted by Gasteiger charge is 2.44. The number of ether oxygens (including phenoxy) is 2. The van der Waals surface area contributed by atoms with Crippen molar-refractivity contribution in [2.45, 2.75) is 64.0 Å². The molecule has 73 heavy (non-hydrogen) atoms. The Balaban J connectivity index is 0.731. The van der Waals surface area contributed by atoms with E-state index in [-0.39, 0.29) is 74.1 Å². The van der Waals surface area contributed by atoms with Crippen LogP contribution in [0.2, 0.25) is 5.02 Å². The Morgan fingerprint density at radius 1 is 0.658 bits per heavy atom. The molecule has 20 heteroatoms. The molecule has 1 saturated carbocycles. The zero-order chi connectivity index (χ0) is 50.3. The molecule has 11 rings (SSSR count). The van der Waals surface area contributed by atoms with Gasteiger partial charge in [0, 0.05) is 55.3 Å². The summed E-state index contributed by atoms with van der Waals surface area (Å²) in [5.74, 6) is -1.50. The number of nitrogen functional groups attached to an aromatic ring is 1. The molecule has 5 N–H and O–H groups in total. The summed E-state index contributed by atoms with van der Waals surface area (Å²) in [6, 6.07) is 28.4. The number of hydrogen-bond acceptors (Lipinski definition) is 11. The van der Waals surface area contributed by atoms with Gasteiger partial charge in [0.2, 0.25) is 5.91 Å². The molecular formula is C53H45ClFN11O7. The Morgan fingerprint density at radius 3 is 2.07 bits per heavy atom. The zero-order valence-corrected chi connectivity index (χ0v) is 39.6. The minimum atomic E-state index is -0.782. The van der Waals surface area contributed by atoms with Gasteiger partial charge in [0.1, 0.15) is 45.1 Å². The second-order valence-corrected chi connectivity index (χ2v) is 18.3. The third-order valence-corrected chi connectivity index (χ3v) is 13.6. The minimum Gasteiger partial charge on any atom is -0.456 e. The second-order valence-electron chi connectivity index (χ2n) is 17.9. The van der Waals surface area contributed by atoms with Crippen LogP contribution in [0.25, 0.3) is 11.4 Å². The van der Waals surface area contributed by atoms with Crippen molar-refractivity contribution in [3.05, 3.63) is 181 Å². The Hall–Kier alpha value is -8.84. The lowest BCUT2D eigenvalue weighted by Crippen LogP contribution is -2.26. The largest absolute Gasteiger partial charge is 0.456 e. The summed E-state index contributed by atoms with van der Waals surface area (Å²) in [5, 5.41) is 8.39. The first-order chi connectivity index (χ1) is 35.5. The van der Waals surface area contributed by atoms with E-state index in [2.05, 4.69) is 30.9 Å². The van der Waals surface area contributed by atoms with E-state index in [1.807, 2.05) is 57.9 Å². The fourth-order valence-corrected chi connectivity index (χ4v) is 9.78. The lowest BCUT2D eigenvalue weighted by atomic mass is 10.1. The molecule has 5 aromatic heterocycles. The molecule has 8 aromatic rings. The van der Waals surface area contributed by atoms with Gasteiger partial charge in [-0.2, -0.15) is 0 Å². The number of para-hydroxylation sites is 1. The smallest absolute Gasteiger partial charge is 0.284 e. The molecule has 18 nitrogen and oxygen atoms in total. The van der Waals surface area contributed by atoms with Crippen LogP contribution in [0.15, 0.2) is 131 Å². The Morgan fingerprint density at radius 2 is 1.36 bits per heavy atom. The molecule has 3 aromatic carbocycles. The van der Waals surface area contributed by atoms with Gasteiger partial charge < -0.3 is 31.2 Å². The van der Waals surface area contributed by atoms with Gasteiger partial charge in [-0.1, -0.05) is 41.9 Å². The van der Waals surface area contributed by atoms with E-state index >= 15 is 4.39 Å². The first kappa shape index (κ1) is 46.5. The molecule has 3 aliphatic rings. The summed E-state index contributed by atoms with van der Waals surface area (Å²) in [7, 11) is 0. The van der Waals surface area contributed by atoms with Crippen LogP contribution in [0, 0.1) is 11.7 Å². The normalized spacial score (nSPS) is 15.6. The summed E-state index contributed by atoms with van der Waals surface area (Å²) in [4.78, 5) is 81.5. The average Bonchev–Trinajstić information content (AvgIpc) is 4.07. The van der Waals surface area contributed by atoms with E-state index in [4.69, 9.17) is 26.8 Å². The molecule has 368 valence electrons. The van der Waals surface area contributed by atoms with E-state index in [9.17, 15) is 24.0 Å². The number of hydrogen-bond donors (Lipinski definition) is 4. The molecule has 0 radical (unpaired) electrons. The van der Waals surface area contributed by atoms with Crippen LogP contribution in [0.1, 0.15) is 75.7 Å². The van der Waals surface area contributed by atoms with E-state index < -0.39 is 23.2 Å². The van der Waals surface area contributed by atoms with Crippen LogP contribution in [0.3, 0.4) is 0 Å². The lowest BCUT2D eigenvalue weighted by Gasteiger charge is -2.19. The topological polar surface area (TPSA) is 224 Å². The first-order valence-corrected chi connectivity index (χ1v) is 24.1. The average molecular weight is 1000 g/mol. The summed E-state index contributed by atoms with van der Waals surface area (Å²) in [6.07, 6.45) is 9.36. The highest BCUT2D eigenvalue weighted by molar-refractivity contribution is 6.34. The number of nitrogens with zero attached hydrogens (tertiary/aromatic N) is 7. The Kier molecular flexibility index (Phi) is 12.4. The predicted octanol–water partition coefficient (Wildman–Crippen LogP) is 8.66. The van der Waals surface area contributed by atoms with Crippen LogP contribution < -0.4 is 42.3 Å². The van der Waals surface area contributed by atoms with Gasteiger partial charge in [-0.05, 0) is 111 Å². The van der Waals surface area contributed by atoms with Crippen molar-refractivity contribution in [1.82, 2.24) is 33.7 Å². The number of amides is 3. The second kappa shape index (κ2) is 19.4. The summed E-state index contributed by atoms with van der Waals surface area (Å²) in [5.41, 5.74) is 8.38. The zero-order valence-electron chi connectivity index (χ0n) is 38.9. The van der Waals surface area contributed by atoms with Crippen molar-refractivity contribution in [3.63, 3.8) is 0 Å². The van der Waals surface area contributed by atoms with Gasteiger partial charge in [0.15, 0.2) is 17.3 Å². The maximum atomic E-state index is 15.2. The van der Waals surface area contributed by atoms with Gasteiger partial charge in [-0.25, -0.2) is 28.7 Å². The quantitative estimate of drug-likeness (QED) is 0.0855. The molecule has 7 heterocycles. The number of carbonyl (C=O) groups excluding carboxylic acids is 3. The van der Waals surface area contributed by atoms with Crippen LogP contribution >= 0.6 is 11.6 Å². The highest BCUT2D eigenvalue weighted by atomic mass is 35.5. The van der Waals surface area contributed by atoms with Crippen LogP contribution in [-0.2, 0) is 30.7 Å². The number of pyridine rings is 3. The molecule has 0 bridgehead atoms. The third-order valence-electron chi connectivity index (χ3n) is 13.2. The van der Waals surface area contributed by atoms with Crippen LogP contribution in [-0.4, -0.2) is 51.4 Å². The Bertz CT molecular complexity index is 3610. The standard InChI is InChI=1S/C53H45ClFN11O7/c54-47-42(20-22-58-48(47)56)73-41-17-15-31(26-38(41)55)60-50(68)45-39-13-5-7-24-64(39)66(53(45)71)33-12-8-9-30(25-33)36-28-37(36)49(67)62-44-27-34(19-21-57-44)72-35-16-18-43(59-29-35)61-51(69)46-40-14-4-6-23-63(40)65(52(46)70)32-10-2-1-3-11-32/h1-3,8-12,15-22,25-27,29,36-37H,4-7,13-14,23-24,28H2,(H2,56,58)(H,60,68)(H,57,62,67)(H,59,61,69). The van der Waals surface area contributed by atoms with Crippen molar-refractivity contribution < 1.29 is 28.2 Å². The number of nitrogens with one attached hydrogen (secondary N) is 3. The molecule has 1 fully saturated rings. The van der Waals surface area contributed by atoms with Crippen molar-refractivity contribution in [1.29, 1.82) is 0 Å². The number of aromatic nitrogens is 7. The van der Waals surface area contributed by atoms with E-state index in [0.29, 0.717) is 66.6 Å². The lowest BCUT2D eigenvalue weighted by molar-refractivity contribution is -0.117. The number of fused-ring (bicyclic) bond motifs is 2. The molecule has 2 atom stereocenters. The third kappa shape index (κ3) is 9.21. The molecule has 0 spiro atoms. The maximum Gasteiger partial charge on any atom is 0.284 e. The summed E-state index contributed by atoms with van der Waals surface area (Å²) in [6.45, 7) is 1.14. The molecule has 2 unspecified atom stereocenters. The van der Waals surface area contributed by atoms with E-state index in [0.717, 1.165) is 37.3 Å². The van der Waals surface area contributed by atoms with Crippen molar-refractivity contribution in [2.75, 3.05) is 21.7 Å². The predicted molar refractivity (Wildman–Crippen MR) is 270 cm³/mol. The number of benzene rings is 3. The van der Waals surface area contributed by atoms with Crippen molar-refractivity contribution >= 4 is 52.5 Å².